The summed E-state index contributed by atoms with van der Waals surface area (Å²) >= 11 is 1.69. The molecule has 0 spiro atoms. The van der Waals surface area contributed by atoms with Gasteiger partial charge in [0.1, 0.15) is 0 Å². The first-order chi connectivity index (χ1) is 10.8. The molecule has 7 heteroatoms. The number of sulfonamides is 1. The lowest BCUT2D eigenvalue weighted by Gasteiger charge is -2.22. The van der Waals surface area contributed by atoms with Gasteiger partial charge in [-0.3, -0.25) is 0 Å². The molecule has 1 atom stereocenters. The quantitative estimate of drug-likeness (QED) is 0.848. The summed E-state index contributed by atoms with van der Waals surface area (Å²) in [4.78, 5) is 7.06. The summed E-state index contributed by atoms with van der Waals surface area (Å²) < 4.78 is 26.1. The minimum atomic E-state index is -3.14. The molecule has 126 valence electrons. The number of aromatic nitrogens is 1. The minimum Gasteiger partial charge on any atom is -0.346 e. The fraction of sp³-hybridized carbons (Fsp3) is 0.562. The van der Waals surface area contributed by atoms with Gasteiger partial charge in [0.2, 0.25) is 10.0 Å². The number of fused-ring (bicyclic) bond motifs is 1. The van der Waals surface area contributed by atoms with E-state index in [4.69, 9.17) is 4.98 Å². The molecule has 1 unspecified atom stereocenters. The van der Waals surface area contributed by atoms with Crippen LogP contribution in [0.5, 0.6) is 0 Å². The van der Waals surface area contributed by atoms with Crippen LogP contribution in [0.15, 0.2) is 18.2 Å². The zero-order valence-corrected chi connectivity index (χ0v) is 15.6. The summed E-state index contributed by atoms with van der Waals surface area (Å²) in [6, 6.07) is 6.37. The maximum absolute atomic E-state index is 11.7. The Bertz CT molecular complexity index is 814. The molecule has 0 bridgehead atoms. The SMILES string of the molecule is CC(C)c1cccc2sc(N3CCC(N(C)S(C)(=O)=O)C3)nc12. The van der Waals surface area contributed by atoms with Crippen LogP contribution in [-0.4, -0.2) is 50.1 Å². The van der Waals surface area contributed by atoms with Gasteiger partial charge in [-0.2, -0.15) is 0 Å². The standard InChI is InChI=1S/C16H23N3O2S2/c1-11(2)13-6-5-7-14-15(13)17-16(22-14)19-9-8-12(10-19)18(3)23(4,20)21/h5-7,11-12H,8-10H2,1-4H3. The Morgan fingerprint density at radius 1 is 1.39 bits per heavy atom. The summed E-state index contributed by atoms with van der Waals surface area (Å²) in [6.07, 6.45) is 2.11. The Labute approximate surface area is 142 Å². The fourth-order valence-corrected chi connectivity index (χ4v) is 4.79. The van der Waals surface area contributed by atoms with Gasteiger partial charge >= 0.3 is 0 Å². The average molecular weight is 354 g/mol. The molecule has 2 heterocycles. The number of hydrogen-bond donors (Lipinski definition) is 0. The molecular formula is C16H23N3O2S2. The Morgan fingerprint density at radius 3 is 2.78 bits per heavy atom. The summed E-state index contributed by atoms with van der Waals surface area (Å²) in [7, 11) is -1.48. The van der Waals surface area contributed by atoms with Crippen molar-refractivity contribution in [2.24, 2.45) is 0 Å². The second-order valence-corrected chi connectivity index (χ2v) is 9.56. The van der Waals surface area contributed by atoms with Crippen molar-refractivity contribution in [2.75, 3.05) is 31.3 Å². The van der Waals surface area contributed by atoms with Crippen molar-refractivity contribution < 1.29 is 8.42 Å². The molecule has 0 aliphatic carbocycles. The smallest absolute Gasteiger partial charge is 0.211 e. The van der Waals surface area contributed by atoms with Gasteiger partial charge in [-0.15, -0.1) is 0 Å². The third kappa shape index (κ3) is 3.22. The van der Waals surface area contributed by atoms with Crippen molar-refractivity contribution >= 4 is 36.7 Å². The van der Waals surface area contributed by atoms with Crippen molar-refractivity contribution in [3.63, 3.8) is 0 Å². The van der Waals surface area contributed by atoms with E-state index in [0.29, 0.717) is 12.5 Å². The lowest BCUT2D eigenvalue weighted by atomic mass is 10.0. The first-order valence-electron chi connectivity index (χ1n) is 7.84. The normalized spacial score (nSPS) is 19.4. The molecule has 5 nitrogen and oxygen atoms in total. The molecule has 23 heavy (non-hydrogen) atoms. The van der Waals surface area contributed by atoms with Gasteiger partial charge in [-0.25, -0.2) is 17.7 Å². The number of para-hydroxylation sites is 1. The molecule has 3 rings (SSSR count). The number of hydrogen-bond acceptors (Lipinski definition) is 5. The van der Waals surface area contributed by atoms with Crippen molar-refractivity contribution in [2.45, 2.75) is 32.2 Å². The minimum absolute atomic E-state index is 0.0292. The Balaban J connectivity index is 1.86. The van der Waals surface area contributed by atoms with Gasteiger partial charge in [0, 0.05) is 26.2 Å². The Hall–Kier alpha value is -1.18. The lowest BCUT2D eigenvalue weighted by Crippen LogP contribution is -2.38. The van der Waals surface area contributed by atoms with Crippen LogP contribution in [-0.2, 0) is 10.0 Å². The number of nitrogens with zero attached hydrogens (tertiary/aromatic N) is 3. The predicted molar refractivity (Wildman–Crippen MR) is 96.9 cm³/mol. The van der Waals surface area contributed by atoms with Gasteiger partial charge in [0.25, 0.3) is 0 Å². The highest BCUT2D eigenvalue weighted by Crippen LogP contribution is 2.35. The van der Waals surface area contributed by atoms with E-state index in [1.165, 1.54) is 20.8 Å². The first-order valence-corrected chi connectivity index (χ1v) is 10.5. The van der Waals surface area contributed by atoms with Gasteiger partial charge < -0.3 is 4.90 Å². The van der Waals surface area contributed by atoms with Crippen LogP contribution < -0.4 is 4.90 Å². The second kappa shape index (κ2) is 6.03. The van der Waals surface area contributed by atoms with Crippen LogP contribution in [0.3, 0.4) is 0 Å². The highest BCUT2D eigenvalue weighted by Gasteiger charge is 2.31. The van der Waals surface area contributed by atoms with E-state index in [1.54, 1.807) is 18.4 Å². The molecular weight excluding hydrogens is 330 g/mol. The van der Waals surface area contributed by atoms with E-state index in [9.17, 15) is 8.42 Å². The maximum atomic E-state index is 11.7. The molecule has 1 aromatic heterocycles. The second-order valence-electron chi connectivity index (χ2n) is 6.51. The fourth-order valence-electron chi connectivity index (χ4n) is 3.04. The lowest BCUT2D eigenvalue weighted by molar-refractivity contribution is 0.393. The molecule has 0 N–H and O–H groups in total. The van der Waals surface area contributed by atoms with Gasteiger partial charge in [-0.05, 0) is 24.0 Å². The average Bonchev–Trinajstić information content (AvgIpc) is 3.11. The van der Waals surface area contributed by atoms with Crippen LogP contribution >= 0.6 is 11.3 Å². The summed E-state index contributed by atoms with van der Waals surface area (Å²) in [6.45, 7) is 5.92. The first kappa shape index (κ1) is 16.7. The van der Waals surface area contributed by atoms with E-state index >= 15 is 0 Å². The van der Waals surface area contributed by atoms with Crippen LogP contribution in [0.2, 0.25) is 0 Å². The number of benzene rings is 1. The van der Waals surface area contributed by atoms with Gasteiger partial charge in [0.15, 0.2) is 5.13 Å². The topological polar surface area (TPSA) is 53.5 Å². The van der Waals surface area contributed by atoms with Crippen LogP contribution in [0.25, 0.3) is 10.2 Å². The van der Waals surface area contributed by atoms with E-state index in [1.807, 2.05) is 0 Å². The molecule has 1 saturated heterocycles. The summed E-state index contributed by atoms with van der Waals surface area (Å²) in [5.41, 5.74) is 2.36. The number of anilines is 1. The number of rotatable bonds is 4. The molecule has 1 aliphatic heterocycles. The third-order valence-corrected chi connectivity index (χ3v) is 6.96. The van der Waals surface area contributed by atoms with Gasteiger partial charge in [0.05, 0.1) is 16.5 Å². The van der Waals surface area contributed by atoms with Crippen molar-refractivity contribution in [1.29, 1.82) is 0 Å². The van der Waals surface area contributed by atoms with E-state index in [2.05, 4.69) is 36.9 Å². The van der Waals surface area contributed by atoms with Crippen LogP contribution in [0.4, 0.5) is 5.13 Å². The summed E-state index contributed by atoms with van der Waals surface area (Å²) in [5.74, 6) is 0.441. The molecule has 1 aliphatic rings. The predicted octanol–water partition coefficient (Wildman–Crippen LogP) is 2.89. The molecule has 1 fully saturated rings. The third-order valence-electron chi connectivity index (χ3n) is 4.53. The Kier molecular flexibility index (Phi) is 4.37. The molecule has 0 amide bonds. The molecule has 1 aromatic carbocycles. The number of likely N-dealkylation sites (N-methyl/N-ethyl adjacent to an activating group) is 1. The van der Waals surface area contributed by atoms with E-state index in [-0.39, 0.29) is 6.04 Å². The molecule has 0 radical (unpaired) electrons. The molecule has 2 aromatic rings. The highest BCUT2D eigenvalue weighted by molar-refractivity contribution is 7.88. The monoisotopic (exact) mass is 353 g/mol. The van der Waals surface area contributed by atoms with Gasteiger partial charge in [-0.1, -0.05) is 37.3 Å². The largest absolute Gasteiger partial charge is 0.346 e. The Morgan fingerprint density at radius 2 is 2.13 bits per heavy atom. The van der Waals surface area contributed by atoms with Crippen molar-refractivity contribution in [1.82, 2.24) is 9.29 Å². The highest BCUT2D eigenvalue weighted by atomic mass is 32.2. The van der Waals surface area contributed by atoms with E-state index in [0.717, 1.165) is 23.6 Å². The number of thiazole rings is 1. The van der Waals surface area contributed by atoms with Crippen molar-refractivity contribution in [3.8, 4) is 0 Å². The summed E-state index contributed by atoms with van der Waals surface area (Å²) in [5, 5.41) is 0.998. The zero-order valence-electron chi connectivity index (χ0n) is 14.0. The van der Waals surface area contributed by atoms with E-state index < -0.39 is 10.0 Å². The van der Waals surface area contributed by atoms with Crippen LogP contribution in [0.1, 0.15) is 31.7 Å². The zero-order chi connectivity index (χ0) is 16.8. The van der Waals surface area contributed by atoms with Crippen molar-refractivity contribution in [3.05, 3.63) is 23.8 Å². The molecule has 0 saturated carbocycles. The maximum Gasteiger partial charge on any atom is 0.211 e. The van der Waals surface area contributed by atoms with Crippen LogP contribution in [0, 0.1) is 0 Å².